The summed E-state index contributed by atoms with van der Waals surface area (Å²) in [6, 6.07) is 30.6. The monoisotopic (exact) mass is 773 g/mol. The number of nitrogens with zero attached hydrogens (tertiary/aromatic N) is 3. The molecule has 2 aliphatic heterocycles. The molecule has 0 saturated heterocycles. The first-order valence-corrected chi connectivity index (χ1v) is 16.6. The van der Waals surface area contributed by atoms with Crippen molar-refractivity contribution < 1.29 is 20.1 Å². The number of aromatic nitrogens is 1. The summed E-state index contributed by atoms with van der Waals surface area (Å²) in [6.45, 7) is 17.1. The molecule has 3 aromatic carbocycles. The van der Waals surface area contributed by atoms with Crippen LogP contribution in [-0.2, 0) is 36.4 Å². The summed E-state index contributed by atoms with van der Waals surface area (Å²) in [5.74, 6) is 0. The molecule has 4 aromatic rings. The molecule has 1 saturated carbocycles. The second-order valence-corrected chi connectivity index (χ2v) is 15.0. The second kappa shape index (κ2) is 12.0. The second-order valence-electron chi connectivity index (χ2n) is 15.0. The van der Waals surface area contributed by atoms with Crippen molar-refractivity contribution in [2.75, 3.05) is 9.80 Å². The molecule has 2 aliphatic carbocycles. The number of hydrogen-bond acceptors (Lipinski definition) is 3. The summed E-state index contributed by atoms with van der Waals surface area (Å²) < 4.78 is 0. The van der Waals surface area contributed by atoms with E-state index in [-0.39, 0.29) is 36.4 Å². The zero-order valence-corrected chi connectivity index (χ0v) is 30.1. The Balaban J connectivity index is 0.000000231. The maximum absolute atomic E-state index is 4.22. The average Bonchev–Trinajstić information content (AvgIpc) is 3.44. The van der Waals surface area contributed by atoms with E-state index in [0.717, 1.165) is 11.3 Å². The first-order chi connectivity index (χ1) is 21.1. The van der Waals surface area contributed by atoms with Crippen molar-refractivity contribution in [3.8, 4) is 11.3 Å². The molecule has 234 valence electrons. The zero-order valence-electron chi connectivity index (χ0n) is 27.7. The molecule has 4 heteroatoms. The topological polar surface area (TPSA) is 19.4 Å². The summed E-state index contributed by atoms with van der Waals surface area (Å²) in [6.07, 6.45) is 11.0. The fourth-order valence-corrected chi connectivity index (χ4v) is 8.23. The number of fused-ring (bicyclic) bond motifs is 4. The first-order valence-electron chi connectivity index (χ1n) is 16.6. The van der Waals surface area contributed by atoms with Crippen LogP contribution in [0.2, 0.25) is 0 Å². The van der Waals surface area contributed by atoms with Gasteiger partial charge in [0.2, 0.25) is 0 Å². The van der Waals surface area contributed by atoms with E-state index in [9.17, 15) is 0 Å². The maximum Gasteiger partial charge on any atom is 3.00 e. The van der Waals surface area contributed by atoms with Gasteiger partial charge in [0.25, 0.3) is 0 Å². The Kier molecular flexibility index (Phi) is 8.55. The number of rotatable bonds is 2. The Morgan fingerprint density at radius 3 is 2.24 bits per heavy atom. The van der Waals surface area contributed by atoms with E-state index in [4.69, 9.17) is 0 Å². The van der Waals surface area contributed by atoms with Gasteiger partial charge in [-0.1, -0.05) is 103 Å². The van der Waals surface area contributed by atoms with Crippen molar-refractivity contribution in [2.45, 2.75) is 109 Å². The van der Waals surface area contributed by atoms with Crippen LogP contribution in [-0.4, -0.2) is 11.0 Å². The van der Waals surface area contributed by atoms with Crippen molar-refractivity contribution in [2.24, 2.45) is 0 Å². The van der Waals surface area contributed by atoms with Gasteiger partial charge in [0.05, 0.1) is 0 Å². The number of anilines is 3. The predicted molar refractivity (Wildman–Crippen MR) is 183 cm³/mol. The zero-order chi connectivity index (χ0) is 30.7. The third-order valence-corrected chi connectivity index (χ3v) is 10.8. The van der Waals surface area contributed by atoms with Crippen LogP contribution in [0, 0.1) is 18.8 Å². The van der Waals surface area contributed by atoms with E-state index >= 15 is 0 Å². The molecule has 3 nitrogen and oxygen atoms in total. The van der Waals surface area contributed by atoms with Crippen molar-refractivity contribution in [3.05, 3.63) is 114 Å². The minimum absolute atomic E-state index is 0. The number of pyridine rings is 1. The summed E-state index contributed by atoms with van der Waals surface area (Å²) in [5, 5.41) is 0. The SMILES string of the molecule is CC1(C)CCC(C)(C)c2c1c[c-]c1c2C(C)(C)c2cccc3c2N1[CH-]N3C1CCCCC1.[Ir+3].[c-]1ccccc1-c1ccccn1. The van der Waals surface area contributed by atoms with Gasteiger partial charge in [-0.3, -0.25) is 0 Å². The molecule has 4 aliphatic rings. The van der Waals surface area contributed by atoms with Gasteiger partial charge in [0.15, 0.2) is 0 Å². The minimum Gasteiger partial charge on any atom is -0.499 e. The molecule has 3 heterocycles. The molecular formula is C41H46IrN3. The Morgan fingerprint density at radius 2 is 1.53 bits per heavy atom. The van der Waals surface area contributed by atoms with Gasteiger partial charge < -0.3 is 14.8 Å². The van der Waals surface area contributed by atoms with Gasteiger partial charge in [-0.15, -0.1) is 52.6 Å². The van der Waals surface area contributed by atoms with Crippen LogP contribution < -0.4 is 9.80 Å². The summed E-state index contributed by atoms with van der Waals surface area (Å²) in [4.78, 5) is 9.32. The van der Waals surface area contributed by atoms with Crippen molar-refractivity contribution in [1.82, 2.24) is 4.98 Å². The quantitative estimate of drug-likeness (QED) is 0.189. The molecule has 0 spiro atoms. The fraction of sp³-hybridized carbons (Fsp3) is 0.415. The molecule has 1 fully saturated rings. The first kappa shape index (κ1) is 32.0. The van der Waals surface area contributed by atoms with Crippen molar-refractivity contribution in [3.63, 3.8) is 0 Å². The van der Waals surface area contributed by atoms with Crippen LogP contribution in [0.3, 0.4) is 0 Å². The smallest absolute Gasteiger partial charge is 0.499 e. The van der Waals surface area contributed by atoms with E-state index in [1.54, 1.807) is 11.8 Å². The van der Waals surface area contributed by atoms with Gasteiger partial charge in [0, 0.05) is 23.6 Å². The maximum atomic E-state index is 4.22. The third kappa shape index (κ3) is 5.47. The fourth-order valence-electron chi connectivity index (χ4n) is 8.23. The molecular weight excluding hydrogens is 727 g/mol. The van der Waals surface area contributed by atoms with Crippen LogP contribution >= 0.6 is 0 Å². The standard InChI is InChI=1S/C30H38N2.C11H8N.Ir/c1-28(2)17-18-29(3,4)25-21(28)15-16-23-26(25)30(5,6)22-13-10-14-24-27(22)32(23)19-31(24)20-11-8-7-9-12-20;1-2-6-10(7-3-1)11-8-4-5-9-12-11;/h10,13-15,19-20H,7-9,11-12,17-18H2,1-6H3;1-6,8-9H;/q-2;-1;+3. The predicted octanol–water partition coefficient (Wildman–Crippen LogP) is 10.4. The molecule has 0 radical (unpaired) electrons. The molecule has 1 aromatic heterocycles. The Labute approximate surface area is 284 Å². The average molecular weight is 773 g/mol. The van der Waals surface area contributed by atoms with E-state index in [1.807, 2.05) is 42.5 Å². The van der Waals surface area contributed by atoms with Gasteiger partial charge >= 0.3 is 20.1 Å². The van der Waals surface area contributed by atoms with Crippen molar-refractivity contribution >= 4 is 17.1 Å². The van der Waals surface area contributed by atoms with Crippen LogP contribution in [0.25, 0.3) is 11.3 Å². The largest absolute Gasteiger partial charge is 3.00 e. The van der Waals surface area contributed by atoms with Crippen LogP contribution in [0.5, 0.6) is 0 Å². The Morgan fingerprint density at radius 1 is 0.778 bits per heavy atom. The Hall–Kier alpha value is -2.94. The van der Waals surface area contributed by atoms with Crippen LogP contribution in [0.4, 0.5) is 17.1 Å². The summed E-state index contributed by atoms with van der Waals surface area (Å²) >= 11 is 0. The number of para-hydroxylation sites is 1. The van der Waals surface area contributed by atoms with Gasteiger partial charge in [-0.25, -0.2) is 0 Å². The third-order valence-electron chi connectivity index (χ3n) is 10.8. The molecule has 0 unspecified atom stereocenters. The summed E-state index contributed by atoms with van der Waals surface area (Å²) in [5.41, 5.74) is 12.5. The van der Waals surface area contributed by atoms with Crippen LogP contribution in [0.1, 0.15) is 109 Å². The molecule has 8 rings (SSSR count). The van der Waals surface area contributed by atoms with E-state index in [0.29, 0.717) is 6.04 Å². The molecule has 0 amide bonds. The van der Waals surface area contributed by atoms with Crippen LogP contribution in [0.15, 0.2) is 72.9 Å². The van der Waals surface area contributed by atoms with Gasteiger partial charge in [-0.2, -0.15) is 18.8 Å². The molecule has 0 N–H and O–H groups in total. The van der Waals surface area contributed by atoms with E-state index in [1.165, 1.54) is 78.7 Å². The normalized spacial score (nSPS) is 20.1. The molecule has 0 atom stereocenters. The van der Waals surface area contributed by atoms with E-state index < -0.39 is 0 Å². The molecule has 45 heavy (non-hydrogen) atoms. The number of benzene rings is 3. The van der Waals surface area contributed by atoms with Crippen molar-refractivity contribution in [1.29, 1.82) is 0 Å². The van der Waals surface area contributed by atoms with E-state index in [2.05, 4.69) is 99.4 Å². The minimum atomic E-state index is -0.0415. The van der Waals surface area contributed by atoms with Gasteiger partial charge in [0.1, 0.15) is 0 Å². The van der Waals surface area contributed by atoms with Gasteiger partial charge in [-0.05, 0) is 53.5 Å². The summed E-state index contributed by atoms with van der Waals surface area (Å²) in [7, 11) is 0. The molecule has 0 bridgehead atoms. The Bertz CT molecular complexity index is 1610. The number of hydrogen-bond donors (Lipinski definition) is 0.